The molecule has 108 valence electrons. The molecule has 1 aromatic heterocycles. The fraction of sp³-hybridized carbons (Fsp3) is 0.600. The van der Waals surface area contributed by atoms with E-state index < -0.39 is 6.08 Å². The average molecular weight is 277 g/mol. The number of rotatable bonds is 3. The zero-order valence-corrected chi connectivity index (χ0v) is 12.2. The second kappa shape index (κ2) is 6.56. The van der Waals surface area contributed by atoms with E-state index in [1.807, 2.05) is 0 Å². The van der Waals surface area contributed by atoms with Gasteiger partial charge in [-0.15, -0.1) is 5.92 Å². The SMILES string of the molecule is CC#CCOc1cc(N2CC(C)CC(C)C2)nc(F)n1. The van der Waals surface area contributed by atoms with Crippen molar-refractivity contribution in [2.24, 2.45) is 11.8 Å². The highest BCUT2D eigenvalue weighted by Gasteiger charge is 2.23. The molecule has 0 amide bonds. The van der Waals surface area contributed by atoms with Crippen LogP contribution in [0.15, 0.2) is 6.07 Å². The normalized spacial score (nSPS) is 22.1. The van der Waals surface area contributed by atoms with Crippen LogP contribution in [0.4, 0.5) is 10.2 Å². The van der Waals surface area contributed by atoms with Gasteiger partial charge in [0.15, 0.2) is 6.61 Å². The van der Waals surface area contributed by atoms with Crippen molar-refractivity contribution < 1.29 is 9.13 Å². The van der Waals surface area contributed by atoms with Crippen molar-refractivity contribution in [1.82, 2.24) is 9.97 Å². The summed E-state index contributed by atoms with van der Waals surface area (Å²) in [4.78, 5) is 9.63. The molecule has 2 rings (SSSR count). The topological polar surface area (TPSA) is 38.2 Å². The van der Waals surface area contributed by atoms with Gasteiger partial charge < -0.3 is 9.64 Å². The summed E-state index contributed by atoms with van der Waals surface area (Å²) < 4.78 is 18.8. The maximum Gasteiger partial charge on any atom is 0.313 e. The smallest absolute Gasteiger partial charge is 0.313 e. The molecule has 0 radical (unpaired) electrons. The van der Waals surface area contributed by atoms with E-state index in [1.54, 1.807) is 13.0 Å². The Balaban J connectivity index is 2.15. The number of nitrogens with zero attached hydrogens (tertiary/aromatic N) is 3. The van der Waals surface area contributed by atoms with Gasteiger partial charge in [0.05, 0.1) is 0 Å². The molecule has 0 bridgehead atoms. The molecule has 1 aliphatic rings. The third kappa shape index (κ3) is 3.83. The van der Waals surface area contributed by atoms with Gasteiger partial charge in [0.1, 0.15) is 5.82 Å². The maximum atomic E-state index is 13.5. The van der Waals surface area contributed by atoms with Crippen LogP contribution in [-0.4, -0.2) is 29.7 Å². The summed E-state index contributed by atoms with van der Waals surface area (Å²) in [5, 5.41) is 0. The molecular formula is C15H20FN3O. The van der Waals surface area contributed by atoms with E-state index in [0.29, 0.717) is 17.7 Å². The minimum absolute atomic E-state index is 0.208. The first kappa shape index (κ1) is 14.6. The summed E-state index contributed by atoms with van der Waals surface area (Å²) in [6, 6.07) is 1.69. The van der Waals surface area contributed by atoms with Gasteiger partial charge >= 0.3 is 6.08 Å². The minimum atomic E-state index is -0.757. The first-order valence-electron chi connectivity index (χ1n) is 6.90. The molecule has 2 heterocycles. The molecule has 0 aliphatic carbocycles. The molecule has 1 saturated heterocycles. The van der Waals surface area contributed by atoms with Gasteiger partial charge in [-0.3, -0.25) is 0 Å². The van der Waals surface area contributed by atoms with Gasteiger partial charge in [0.2, 0.25) is 5.88 Å². The first-order chi connectivity index (χ1) is 9.58. The Morgan fingerprint density at radius 1 is 1.35 bits per heavy atom. The zero-order chi connectivity index (χ0) is 14.5. The van der Waals surface area contributed by atoms with Gasteiger partial charge in [-0.1, -0.05) is 19.8 Å². The Kier molecular flexibility index (Phi) is 4.78. The van der Waals surface area contributed by atoms with Gasteiger partial charge in [-0.05, 0) is 25.2 Å². The van der Waals surface area contributed by atoms with Crippen LogP contribution in [0.1, 0.15) is 27.2 Å². The van der Waals surface area contributed by atoms with Crippen molar-refractivity contribution in [3.05, 3.63) is 12.1 Å². The van der Waals surface area contributed by atoms with E-state index in [-0.39, 0.29) is 12.5 Å². The van der Waals surface area contributed by atoms with Crippen LogP contribution in [-0.2, 0) is 0 Å². The molecule has 0 saturated carbocycles. The van der Waals surface area contributed by atoms with Crippen LogP contribution in [0.3, 0.4) is 0 Å². The van der Waals surface area contributed by atoms with Crippen LogP contribution in [0, 0.1) is 29.8 Å². The first-order valence-corrected chi connectivity index (χ1v) is 6.90. The van der Waals surface area contributed by atoms with Crippen molar-refractivity contribution in [1.29, 1.82) is 0 Å². The molecule has 2 unspecified atom stereocenters. The highest BCUT2D eigenvalue weighted by atomic mass is 19.1. The van der Waals surface area contributed by atoms with E-state index in [1.165, 1.54) is 6.42 Å². The fourth-order valence-electron chi connectivity index (χ4n) is 2.65. The zero-order valence-electron chi connectivity index (χ0n) is 12.2. The van der Waals surface area contributed by atoms with Crippen LogP contribution in [0.5, 0.6) is 5.88 Å². The largest absolute Gasteiger partial charge is 0.464 e. The summed E-state index contributed by atoms with van der Waals surface area (Å²) in [5.41, 5.74) is 0. The third-order valence-corrected chi connectivity index (χ3v) is 3.32. The molecule has 20 heavy (non-hydrogen) atoms. The highest BCUT2D eigenvalue weighted by Crippen LogP contribution is 2.26. The number of hydrogen-bond acceptors (Lipinski definition) is 4. The van der Waals surface area contributed by atoms with E-state index >= 15 is 0 Å². The molecular weight excluding hydrogens is 257 g/mol. The van der Waals surface area contributed by atoms with Crippen LogP contribution in [0.2, 0.25) is 0 Å². The summed E-state index contributed by atoms with van der Waals surface area (Å²) in [7, 11) is 0. The monoisotopic (exact) mass is 277 g/mol. The number of piperidine rings is 1. The van der Waals surface area contributed by atoms with Crippen LogP contribution < -0.4 is 9.64 Å². The Labute approximate surface area is 119 Å². The van der Waals surface area contributed by atoms with E-state index in [2.05, 4.69) is 40.6 Å². The predicted octanol–water partition coefficient (Wildman–Crippen LogP) is 2.50. The van der Waals surface area contributed by atoms with Crippen molar-refractivity contribution in [2.75, 3.05) is 24.6 Å². The second-order valence-electron chi connectivity index (χ2n) is 5.40. The Bertz CT molecular complexity index is 514. The van der Waals surface area contributed by atoms with Gasteiger partial charge in [0, 0.05) is 19.2 Å². The summed E-state index contributed by atoms with van der Waals surface area (Å²) >= 11 is 0. The van der Waals surface area contributed by atoms with Gasteiger partial charge in [-0.2, -0.15) is 14.4 Å². The average Bonchev–Trinajstić information content (AvgIpc) is 2.37. The lowest BCUT2D eigenvalue weighted by Gasteiger charge is -2.35. The van der Waals surface area contributed by atoms with E-state index in [4.69, 9.17) is 4.74 Å². The number of anilines is 1. The quantitative estimate of drug-likeness (QED) is 0.628. The van der Waals surface area contributed by atoms with Crippen molar-refractivity contribution >= 4 is 5.82 Å². The summed E-state index contributed by atoms with van der Waals surface area (Å²) in [6.45, 7) is 8.11. The van der Waals surface area contributed by atoms with Crippen molar-refractivity contribution in [3.8, 4) is 17.7 Å². The molecule has 5 heteroatoms. The third-order valence-electron chi connectivity index (χ3n) is 3.32. The number of halogens is 1. The minimum Gasteiger partial charge on any atom is -0.464 e. The lowest BCUT2D eigenvalue weighted by Crippen LogP contribution is -2.39. The lowest BCUT2D eigenvalue weighted by atomic mass is 9.92. The molecule has 1 aliphatic heterocycles. The molecule has 2 atom stereocenters. The standard InChI is InChI=1S/C15H20FN3O/c1-4-5-6-20-14-8-13(17-15(16)18-14)19-9-11(2)7-12(3)10-19/h8,11-12H,6-7,9-10H2,1-3H3. The second-order valence-corrected chi connectivity index (χ2v) is 5.40. The molecule has 1 fully saturated rings. The van der Waals surface area contributed by atoms with Crippen molar-refractivity contribution in [2.45, 2.75) is 27.2 Å². The van der Waals surface area contributed by atoms with Gasteiger partial charge in [0.25, 0.3) is 0 Å². The maximum absolute atomic E-state index is 13.5. The number of ether oxygens (including phenoxy) is 1. The number of aromatic nitrogens is 2. The summed E-state index contributed by atoms with van der Waals surface area (Å²) in [6.07, 6.45) is 0.437. The van der Waals surface area contributed by atoms with Crippen LogP contribution >= 0.6 is 0 Å². The number of hydrogen-bond donors (Lipinski definition) is 0. The van der Waals surface area contributed by atoms with Crippen molar-refractivity contribution in [3.63, 3.8) is 0 Å². The van der Waals surface area contributed by atoms with Crippen LogP contribution in [0.25, 0.3) is 0 Å². The lowest BCUT2D eigenvalue weighted by molar-refractivity contribution is 0.338. The Hall–Kier alpha value is -1.83. The Morgan fingerprint density at radius 3 is 2.70 bits per heavy atom. The molecule has 0 N–H and O–H groups in total. The molecule has 4 nitrogen and oxygen atoms in total. The fourth-order valence-corrected chi connectivity index (χ4v) is 2.65. The predicted molar refractivity (Wildman–Crippen MR) is 76.1 cm³/mol. The molecule has 1 aromatic rings. The Morgan fingerprint density at radius 2 is 2.05 bits per heavy atom. The molecule has 0 spiro atoms. The summed E-state index contributed by atoms with van der Waals surface area (Å²) in [5.74, 6) is 7.46. The molecule has 0 aromatic carbocycles. The highest BCUT2D eigenvalue weighted by molar-refractivity contribution is 5.41. The van der Waals surface area contributed by atoms with Gasteiger partial charge in [-0.25, -0.2) is 0 Å². The van der Waals surface area contributed by atoms with E-state index in [9.17, 15) is 4.39 Å². The van der Waals surface area contributed by atoms with E-state index in [0.717, 1.165) is 13.1 Å².